The Kier molecular flexibility index (Phi) is 5.10. The molecule has 2 atom stereocenters. The van der Waals surface area contributed by atoms with Gasteiger partial charge in [-0.2, -0.15) is 0 Å². The van der Waals surface area contributed by atoms with Crippen molar-refractivity contribution in [1.29, 1.82) is 0 Å². The summed E-state index contributed by atoms with van der Waals surface area (Å²) in [7, 11) is 0. The maximum Gasteiger partial charge on any atom is 0.0900 e. The third kappa shape index (κ3) is 4.11. The van der Waals surface area contributed by atoms with Gasteiger partial charge in [-0.25, -0.2) is 4.98 Å². The summed E-state index contributed by atoms with van der Waals surface area (Å²) in [4.78, 5) is 6.75. The molecule has 0 saturated heterocycles. The Hall–Kier alpha value is -0.750. The minimum absolute atomic E-state index is 0.277. The number of rotatable bonds is 6. The molecule has 19 heavy (non-hydrogen) atoms. The molecule has 0 unspecified atom stereocenters. The summed E-state index contributed by atoms with van der Waals surface area (Å²) < 4.78 is 0. The molecule has 2 N–H and O–H groups in total. The maximum absolute atomic E-state index is 10.1. The van der Waals surface area contributed by atoms with Crippen LogP contribution < -0.4 is 5.32 Å². The van der Waals surface area contributed by atoms with E-state index in [-0.39, 0.29) is 12.1 Å². The van der Waals surface area contributed by atoms with Crippen molar-refractivity contribution in [3.05, 3.63) is 38.0 Å². The van der Waals surface area contributed by atoms with E-state index in [9.17, 15) is 5.11 Å². The monoisotopic (exact) mass is 296 g/mol. The van der Waals surface area contributed by atoms with Gasteiger partial charge in [0.2, 0.25) is 0 Å². The predicted octanol–water partition coefficient (Wildman–Crippen LogP) is 3.42. The molecule has 3 nitrogen and oxygen atoms in total. The number of aryl methyl sites for hydroxylation is 2. The molecule has 2 aromatic heterocycles. The van der Waals surface area contributed by atoms with E-state index in [1.54, 1.807) is 22.7 Å². The number of thiophene rings is 1. The number of aromatic nitrogens is 1. The topological polar surface area (TPSA) is 45.2 Å². The van der Waals surface area contributed by atoms with E-state index in [0.29, 0.717) is 0 Å². The molecule has 2 aromatic rings. The minimum atomic E-state index is -0.369. The standard InChI is InChI=1S/C14H20N2OS2/c1-9(7-12(17)13-5-4-6-18-13)15-8-14-10(2)16-11(3)19-14/h4-6,9,12,15,17H,7-8H2,1-3H3/t9-,12-/m0/s1. The highest BCUT2D eigenvalue weighted by molar-refractivity contribution is 7.11. The molecule has 0 aliphatic carbocycles. The number of nitrogens with one attached hydrogen (secondary N) is 1. The van der Waals surface area contributed by atoms with Crippen molar-refractivity contribution in [2.24, 2.45) is 0 Å². The predicted molar refractivity (Wildman–Crippen MR) is 81.8 cm³/mol. The fraction of sp³-hybridized carbons (Fsp3) is 0.500. The Morgan fingerprint density at radius 2 is 2.21 bits per heavy atom. The molecular formula is C14H20N2OS2. The zero-order valence-corrected chi connectivity index (χ0v) is 13.1. The molecule has 0 fully saturated rings. The van der Waals surface area contributed by atoms with Crippen LogP contribution in [0.3, 0.4) is 0 Å². The van der Waals surface area contributed by atoms with Crippen molar-refractivity contribution in [2.75, 3.05) is 0 Å². The van der Waals surface area contributed by atoms with E-state index >= 15 is 0 Å². The number of hydrogen-bond acceptors (Lipinski definition) is 5. The van der Waals surface area contributed by atoms with Crippen LogP contribution in [-0.2, 0) is 6.54 Å². The molecule has 0 bridgehead atoms. The van der Waals surface area contributed by atoms with Crippen molar-refractivity contribution in [3.8, 4) is 0 Å². The van der Waals surface area contributed by atoms with E-state index in [0.717, 1.165) is 28.5 Å². The largest absolute Gasteiger partial charge is 0.388 e. The zero-order chi connectivity index (χ0) is 13.8. The molecule has 0 radical (unpaired) electrons. The van der Waals surface area contributed by atoms with Crippen LogP contribution in [0.5, 0.6) is 0 Å². The number of aliphatic hydroxyl groups is 1. The van der Waals surface area contributed by atoms with Crippen LogP contribution in [0.15, 0.2) is 17.5 Å². The van der Waals surface area contributed by atoms with Crippen LogP contribution in [0.1, 0.15) is 39.9 Å². The number of aliphatic hydroxyl groups excluding tert-OH is 1. The smallest absolute Gasteiger partial charge is 0.0900 e. The van der Waals surface area contributed by atoms with Gasteiger partial charge in [0.25, 0.3) is 0 Å². The summed E-state index contributed by atoms with van der Waals surface area (Å²) in [6, 6.07) is 4.24. The van der Waals surface area contributed by atoms with Crippen LogP contribution in [0.25, 0.3) is 0 Å². The first-order chi connectivity index (χ1) is 9.06. The first-order valence-corrected chi connectivity index (χ1v) is 8.13. The number of nitrogens with zero attached hydrogens (tertiary/aromatic N) is 1. The molecule has 0 spiro atoms. The summed E-state index contributed by atoms with van der Waals surface area (Å²) >= 11 is 3.35. The Balaban J connectivity index is 1.81. The molecule has 104 valence electrons. The summed E-state index contributed by atoms with van der Waals surface area (Å²) in [5.41, 5.74) is 1.11. The SMILES string of the molecule is Cc1nc(C)c(CN[C@@H](C)C[C@H](O)c2cccs2)s1. The maximum atomic E-state index is 10.1. The van der Waals surface area contributed by atoms with Gasteiger partial charge in [-0.05, 0) is 38.6 Å². The molecule has 2 rings (SSSR count). The summed E-state index contributed by atoms with van der Waals surface area (Å²) in [5.74, 6) is 0. The first kappa shape index (κ1) is 14.7. The second-order valence-corrected chi connectivity index (χ2v) is 7.06. The average Bonchev–Trinajstić information content (AvgIpc) is 2.96. The summed E-state index contributed by atoms with van der Waals surface area (Å²) in [6.07, 6.45) is 0.365. The van der Waals surface area contributed by atoms with Gasteiger partial charge in [-0.15, -0.1) is 22.7 Å². The van der Waals surface area contributed by atoms with Gasteiger partial charge in [0.05, 0.1) is 16.8 Å². The van der Waals surface area contributed by atoms with E-state index in [2.05, 4.69) is 17.2 Å². The van der Waals surface area contributed by atoms with E-state index in [1.807, 2.05) is 31.4 Å². The minimum Gasteiger partial charge on any atom is -0.388 e. The lowest BCUT2D eigenvalue weighted by Gasteiger charge is -2.16. The third-order valence-corrected chi connectivity index (χ3v) is 5.11. The second kappa shape index (κ2) is 6.61. The Labute approximate surface area is 122 Å². The van der Waals surface area contributed by atoms with Crippen LogP contribution in [-0.4, -0.2) is 16.1 Å². The van der Waals surface area contributed by atoms with E-state index in [4.69, 9.17) is 0 Å². The van der Waals surface area contributed by atoms with Crippen LogP contribution in [0.2, 0.25) is 0 Å². The lowest BCUT2D eigenvalue weighted by Crippen LogP contribution is -2.27. The molecule has 2 heterocycles. The number of thiazole rings is 1. The quantitative estimate of drug-likeness (QED) is 0.858. The fourth-order valence-electron chi connectivity index (χ4n) is 2.02. The van der Waals surface area contributed by atoms with E-state index < -0.39 is 0 Å². The first-order valence-electron chi connectivity index (χ1n) is 6.44. The number of hydrogen-bond donors (Lipinski definition) is 2. The molecule has 0 aromatic carbocycles. The van der Waals surface area contributed by atoms with Gasteiger partial charge < -0.3 is 10.4 Å². The molecule has 0 aliphatic heterocycles. The van der Waals surface area contributed by atoms with Crippen molar-refractivity contribution in [2.45, 2.75) is 45.9 Å². The molecule has 0 amide bonds. The molecule has 5 heteroatoms. The van der Waals surface area contributed by atoms with Crippen molar-refractivity contribution in [3.63, 3.8) is 0 Å². The highest BCUT2D eigenvalue weighted by atomic mass is 32.1. The van der Waals surface area contributed by atoms with Crippen LogP contribution in [0.4, 0.5) is 0 Å². The summed E-state index contributed by atoms with van der Waals surface area (Å²) in [5, 5.41) is 16.7. The van der Waals surface area contributed by atoms with Crippen molar-refractivity contribution >= 4 is 22.7 Å². The summed E-state index contributed by atoms with van der Waals surface area (Å²) in [6.45, 7) is 7.02. The van der Waals surface area contributed by atoms with Gasteiger partial charge in [0.15, 0.2) is 0 Å². The lowest BCUT2D eigenvalue weighted by molar-refractivity contribution is 0.157. The Morgan fingerprint density at radius 3 is 2.79 bits per heavy atom. The van der Waals surface area contributed by atoms with Gasteiger partial charge >= 0.3 is 0 Å². The highest BCUT2D eigenvalue weighted by Crippen LogP contribution is 2.23. The molecular weight excluding hydrogens is 276 g/mol. The molecule has 0 aliphatic rings. The van der Waals surface area contributed by atoms with Gasteiger partial charge in [0, 0.05) is 22.3 Å². The fourth-order valence-corrected chi connectivity index (χ4v) is 3.63. The van der Waals surface area contributed by atoms with Gasteiger partial charge in [-0.3, -0.25) is 0 Å². The molecule has 0 saturated carbocycles. The lowest BCUT2D eigenvalue weighted by atomic mass is 10.1. The Morgan fingerprint density at radius 1 is 1.42 bits per heavy atom. The van der Waals surface area contributed by atoms with Crippen molar-refractivity contribution in [1.82, 2.24) is 10.3 Å². The van der Waals surface area contributed by atoms with Crippen LogP contribution in [0, 0.1) is 13.8 Å². The Bertz CT molecular complexity index is 508. The average molecular weight is 296 g/mol. The van der Waals surface area contributed by atoms with Gasteiger partial charge in [0.1, 0.15) is 0 Å². The highest BCUT2D eigenvalue weighted by Gasteiger charge is 2.13. The third-order valence-electron chi connectivity index (χ3n) is 3.06. The normalized spacial score (nSPS) is 14.5. The van der Waals surface area contributed by atoms with Crippen LogP contribution >= 0.6 is 22.7 Å². The van der Waals surface area contributed by atoms with E-state index in [1.165, 1.54) is 4.88 Å². The van der Waals surface area contributed by atoms with Gasteiger partial charge in [-0.1, -0.05) is 6.07 Å². The zero-order valence-electron chi connectivity index (χ0n) is 11.5. The van der Waals surface area contributed by atoms with Crippen molar-refractivity contribution < 1.29 is 5.11 Å². The second-order valence-electron chi connectivity index (χ2n) is 4.79.